The number of rotatable bonds is 3. The van der Waals surface area contributed by atoms with Gasteiger partial charge in [-0.15, -0.1) is 0 Å². The Hall–Kier alpha value is -1.62. The summed E-state index contributed by atoms with van der Waals surface area (Å²) in [7, 11) is 0. The minimum absolute atomic E-state index is 0.808. The number of benzene rings is 1. The Morgan fingerprint density at radius 2 is 1.74 bits per heavy atom. The highest BCUT2D eigenvalue weighted by Gasteiger charge is 2.13. The molecule has 0 unspecified atom stereocenters. The van der Waals surface area contributed by atoms with Crippen molar-refractivity contribution in [3.05, 3.63) is 40.1 Å². The van der Waals surface area contributed by atoms with Crippen LogP contribution >= 0.6 is 15.9 Å². The lowest BCUT2D eigenvalue weighted by Gasteiger charge is -2.22. The van der Waals surface area contributed by atoms with E-state index in [0.29, 0.717) is 0 Å². The van der Waals surface area contributed by atoms with Crippen LogP contribution in [0.2, 0.25) is 0 Å². The monoisotopic (exact) mass is 374 g/mol. The van der Waals surface area contributed by atoms with E-state index in [-0.39, 0.29) is 0 Å². The molecule has 1 aliphatic rings. The molecule has 122 valence electrons. The van der Waals surface area contributed by atoms with Crippen molar-refractivity contribution in [3.8, 4) is 0 Å². The van der Waals surface area contributed by atoms with Crippen LogP contribution in [0.25, 0.3) is 0 Å². The maximum Gasteiger partial charge on any atom is 0.136 e. The number of nitrogens with zero attached hydrogens (tertiary/aromatic N) is 3. The van der Waals surface area contributed by atoms with Gasteiger partial charge in [-0.3, -0.25) is 0 Å². The fraction of sp³-hybridized carbons (Fsp3) is 0.444. The van der Waals surface area contributed by atoms with Gasteiger partial charge in [-0.05, 0) is 50.5 Å². The van der Waals surface area contributed by atoms with E-state index < -0.39 is 0 Å². The zero-order valence-corrected chi connectivity index (χ0v) is 15.4. The molecule has 3 rings (SSSR count). The summed E-state index contributed by atoms with van der Waals surface area (Å²) in [6, 6.07) is 8.30. The molecule has 1 aromatic carbocycles. The molecule has 1 fully saturated rings. The molecule has 0 amide bonds. The van der Waals surface area contributed by atoms with E-state index >= 15 is 0 Å². The quantitative estimate of drug-likeness (QED) is 0.822. The van der Waals surface area contributed by atoms with Crippen molar-refractivity contribution >= 4 is 33.3 Å². The lowest BCUT2D eigenvalue weighted by Crippen LogP contribution is -2.25. The molecule has 0 bridgehead atoms. The Morgan fingerprint density at radius 1 is 1.00 bits per heavy atom. The molecule has 0 saturated carbocycles. The number of halogens is 1. The highest BCUT2D eigenvalue weighted by Crippen LogP contribution is 2.25. The van der Waals surface area contributed by atoms with Crippen LogP contribution < -0.4 is 10.2 Å². The van der Waals surface area contributed by atoms with Gasteiger partial charge in [0.25, 0.3) is 0 Å². The third-order valence-corrected chi connectivity index (χ3v) is 5.07. The predicted octanol–water partition coefficient (Wildman–Crippen LogP) is 4.98. The van der Waals surface area contributed by atoms with Crippen LogP contribution in [0.4, 0.5) is 17.3 Å². The maximum atomic E-state index is 4.64. The summed E-state index contributed by atoms with van der Waals surface area (Å²) in [5, 5.41) is 3.41. The van der Waals surface area contributed by atoms with Crippen molar-refractivity contribution < 1.29 is 0 Å². The first-order chi connectivity index (χ1) is 11.1. The van der Waals surface area contributed by atoms with Crippen molar-refractivity contribution in [2.45, 2.75) is 39.5 Å². The maximum absolute atomic E-state index is 4.64. The summed E-state index contributed by atoms with van der Waals surface area (Å²) in [5.41, 5.74) is 2.25. The van der Waals surface area contributed by atoms with E-state index in [0.717, 1.165) is 40.7 Å². The van der Waals surface area contributed by atoms with Crippen molar-refractivity contribution in [1.82, 2.24) is 9.97 Å². The van der Waals surface area contributed by atoms with Crippen molar-refractivity contribution in [3.63, 3.8) is 0 Å². The van der Waals surface area contributed by atoms with Gasteiger partial charge in [0, 0.05) is 29.3 Å². The summed E-state index contributed by atoms with van der Waals surface area (Å²) < 4.78 is 1.12. The van der Waals surface area contributed by atoms with Gasteiger partial charge in [0.15, 0.2) is 0 Å². The molecule has 0 aliphatic carbocycles. The molecule has 1 saturated heterocycles. The molecule has 23 heavy (non-hydrogen) atoms. The molecule has 2 heterocycles. The average molecular weight is 375 g/mol. The first-order valence-electron chi connectivity index (χ1n) is 8.25. The normalized spacial score (nSPS) is 15.3. The Balaban J connectivity index is 1.83. The van der Waals surface area contributed by atoms with Crippen LogP contribution in [0.3, 0.4) is 0 Å². The van der Waals surface area contributed by atoms with Crippen molar-refractivity contribution in [2.75, 3.05) is 23.3 Å². The molecule has 1 aromatic heterocycles. The lowest BCUT2D eigenvalue weighted by atomic mass is 10.2. The van der Waals surface area contributed by atoms with E-state index in [1.54, 1.807) is 0 Å². The van der Waals surface area contributed by atoms with Crippen LogP contribution in [0.15, 0.2) is 28.7 Å². The molecular formula is C18H23BrN4. The standard InChI is InChI=1S/C18H23BrN4/c1-13-11-15(7-8-16(13)19)22-17-12-18(21-14(2)20-17)23-9-5-3-4-6-10-23/h7-8,11-12H,3-6,9-10H2,1-2H3,(H,20,21,22). The molecule has 1 aliphatic heterocycles. The minimum Gasteiger partial charge on any atom is -0.356 e. The van der Waals surface area contributed by atoms with E-state index in [1.165, 1.54) is 31.2 Å². The van der Waals surface area contributed by atoms with E-state index in [2.05, 4.69) is 67.3 Å². The van der Waals surface area contributed by atoms with Crippen LogP contribution in [0.1, 0.15) is 37.1 Å². The molecule has 0 atom stereocenters. The summed E-state index contributed by atoms with van der Waals surface area (Å²) in [4.78, 5) is 11.6. The predicted molar refractivity (Wildman–Crippen MR) is 99.6 cm³/mol. The lowest BCUT2D eigenvalue weighted by molar-refractivity contribution is 0.726. The SMILES string of the molecule is Cc1nc(Nc2ccc(Br)c(C)c2)cc(N2CCCCCC2)n1. The molecular weight excluding hydrogens is 352 g/mol. The third-order valence-electron chi connectivity index (χ3n) is 4.18. The van der Waals surface area contributed by atoms with E-state index in [1.807, 2.05) is 6.92 Å². The second-order valence-electron chi connectivity index (χ2n) is 6.15. The second kappa shape index (κ2) is 7.30. The first-order valence-corrected chi connectivity index (χ1v) is 9.05. The van der Waals surface area contributed by atoms with Crippen LogP contribution in [0.5, 0.6) is 0 Å². The molecule has 0 radical (unpaired) electrons. The second-order valence-corrected chi connectivity index (χ2v) is 7.00. The fourth-order valence-corrected chi connectivity index (χ4v) is 3.19. The fourth-order valence-electron chi connectivity index (χ4n) is 2.95. The van der Waals surface area contributed by atoms with Gasteiger partial charge in [0.1, 0.15) is 17.5 Å². The van der Waals surface area contributed by atoms with Crippen molar-refractivity contribution in [1.29, 1.82) is 0 Å². The summed E-state index contributed by atoms with van der Waals surface area (Å²) in [6.07, 6.45) is 5.14. The third kappa shape index (κ3) is 4.22. The molecule has 5 heteroatoms. The zero-order chi connectivity index (χ0) is 16.2. The van der Waals surface area contributed by atoms with Gasteiger partial charge in [-0.1, -0.05) is 28.8 Å². The largest absolute Gasteiger partial charge is 0.356 e. The smallest absolute Gasteiger partial charge is 0.136 e. The van der Waals surface area contributed by atoms with Crippen LogP contribution in [0, 0.1) is 13.8 Å². The number of aryl methyl sites for hydroxylation is 2. The molecule has 4 nitrogen and oxygen atoms in total. The Bertz CT molecular complexity index is 679. The molecule has 1 N–H and O–H groups in total. The minimum atomic E-state index is 0.808. The van der Waals surface area contributed by atoms with Gasteiger partial charge >= 0.3 is 0 Å². The average Bonchev–Trinajstić information content (AvgIpc) is 2.80. The number of nitrogens with one attached hydrogen (secondary N) is 1. The van der Waals surface area contributed by atoms with Crippen LogP contribution in [-0.2, 0) is 0 Å². The van der Waals surface area contributed by atoms with Gasteiger partial charge < -0.3 is 10.2 Å². The van der Waals surface area contributed by atoms with Crippen LogP contribution in [-0.4, -0.2) is 23.1 Å². The number of anilines is 3. The van der Waals surface area contributed by atoms with Gasteiger partial charge in [-0.2, -0.15) is 0 Å². The highest BCUT2D eigenvalue weighted by atomic mass is 79.9. The number of aromatic nitrogens is 2. The topological polar surface area (TPSA) is 41.1 Å². The zero-order valence-electron chi connectivity index (χ0n) is 13.8. The summed E-state index contributed by atoms with van der Waals surface area (Å²) >= 11 is 3.54. The Kier molecular flexibility index (Phi) is 5.16. The van der Waals surface area contributed by atoms with Crippen molar-refractivity contribution in [2.24, 2.45) is 0 Å². The van der Waals surface area contributed by atoms with E-state index in [9.17, 15) is 0 Å². The Morgan fingerprint density at radius 3 is 2.43 bits per heavy atom. The van der Waals surface area contributed by atoms with Gasteiger partial charge in [0.2, 0.25) is 0 Å². The van der Waals surface area contributed by atoms with E-state index in [4.69, 9.17) is 0 Å². The number of hydrogen-bond acceptors (Lipinski definition) is 4. The highest BCUT2D eigenvalue weighted by molar-refractivity contribution is 9.10. The molecule has 2 aromatic rings. The summed E-state index contributed by atoms with van der Waals surface area (Å²) in [5.74, 6) is 2.71. The Labute approximate surface area is 146 Å². The van der Waals surface area contributed by atoms with Gasteiger partial charge in [0.05, 0.1) is 0 Å². The summed E-state index contributed by atoms with van der Waals surface area (Å²) in [6.45, 7) is 6.23. The molecule has 0 spiro atoms. The number of hydrogen-bond donors (Lipinski definition) is 1. The van der Waals surface area contributed by atoms with Gasteiger partial charge in [-0.25, -0.2) is 9.97 Å². The first kappa shape index (κ1) is 16.2.